The summed E-state index contributed by atoms with van der Waals surface area (Å²) in [6.45, 7) is 4.75. The highest BCUT2D eigenvalue weighted by atomic mass is 127. The Morgan fingerprint density at radius 2 is 1.70 bits per heavy atom. The van der Waals surface area contributed by atoms with Crippen LogP contribution in [0.3, 0.4) is 0 Å². The van der Waals surface area contributed by atoms with Crippen molar-refractivity contribution in [3.05, 3.63) is 65.0 Å². The molecule has 1 amide bonds. The second kappa shape index (κ2) is 11.5. The summed E-state index contributed by atoms with van der Waals surface area (Å²) in [4.78, 5) is 16.2. The van der Waals surface area contributed by atoms with Crippen LogP contribution in [0.1, 0.15) is 35.3 Å². The molecule has 0 aliphatic carbocycles. The molecule has 5 nitrogen and oxygen atoms in total. The first kappa shape index (κ1) is 22.9. The van der Waals surface area contributed by atoms with E-state index in [0.717, 1.165) is 18.5 Å². The normalized spacial score (nSPS) is 10.9. The lowest BCUT2D eigenvalue weighted by molar-refractivity contribution is 0.0951. The second-order valence-corrected chi connectivity index (χ2v) is 5.79. The maximum atomic E-state index is 13.5. The summed E-state index contributed by atoms with van der Waals surface area (Å²) < 4.78 is 13.5. The molecule has 4 N–H and O–H groups in total. The number of rotatable bonds is 7. The van der Waals surface area contributed by atoms with Gasteiger partial charge >= 0.3 is 0 Å². The van der Waals surface area contributed by atoms with Crippen molar-refractivity contribution in [2.75, 3.05) is 18.4 Å². The Hall–Kier alpha value is -2.16. The summed E-state index contributed by atoms with van der Waals surface area (Å²) in [7, 11) is 0. The number of benzene rings is 2. The zero-order chi connectivity index (χ0) is 18.9. The van der Waals surface area contributed by atoms with Crippen LogP contribution in [0.2, 0.25) is 0 Å². The standard InChI is InChI=1S/C20H25FN4O.HI/c1-3-14-8-7-9-15(4-2)18(14)25-20(22)24-13-12-23-19(26)16-10-5-6-11-17(16)21;/h5-11H,3-4,12-13H2,1-2H3,(H,23,26)(H3,22,24,25);1H. The van der Waals surface area contributed by atoms with Crippen molar-refractivity contribution in [3.63, 3.8) is 0 Å². The molecule has 0 atom stereocenters. The molecule has 0 bridgehead atoms. The third-order valence-corrected chi connectivity index (χ3v) is 4.05. The summed E-state index contributed by atoms with van der Waals surface area (Å²) in [5, 5.41) is 5.80. The average molecular weight is 484 g/mol. The molecule has 0 saturated carbocycles. The van der Waals surface area contributed by atoms with E-state index in [0.29, 0.717) is 12.5 Å². The van der Waals surface area contributed by atoms with Crippen LogP contribution in [0.4, 0.5) is 10.1 Å². The third kappa shape index (κ3) is 6.50. The van der Waals surface area contributed by atoms with Crippen molar-refractivity contribution < 1.29 is 9.18 Å². The molecular weight excluding hydrogens is 458 g/mol. The number of carbonyl (C=O) groups excluding carboxylic acids is 1. The second-order valence-electron chi connectivity index (χ2n) is 5.79. The van der Waals surface area contributed by atoms with E-state index in [-0.39, 0.29) is 36.1 Å². The predicted octanol–water partition coefficient (Wildman–Crippen LogP) is 3.73. The number of aliphatic imine (C=N–C) groups is 1. The largest absolute Gasteiger partial charge is 0.370 e. The Balaban J connectivity index is 0.00000364. The van der Waals surface area contributed by atoms with Crippen LogP contribution in [0.5, 0.6) is 0 Å². The van der Waals surface area contributed by atoms with Gasteiger partial charge in [-0.2, -0.15) is 0 Å². The first-order valence-corrected chi connectivity index (χ1v) is 8.77. The third-order valence-electron chi connectivity index (χ3n) is 4.05. The number of anilines is 1. The van der Waals surface area contributed by atoms with E-state index in [2.05, 4.69) is 41.6 Å². The maximum absolute atomic E-state index is 13.5. The number of nitrogens with zero attached hydrogens (tertiary/aromatic N) is 1. The van der Waals surface area contributed by atoms with Gasteiger partial charge in [-0.1, -0.05) is 44.2 Å². The molecule has 0 saturated heterocycles. The van der Waals surface area contributed by atoms with E-state index in [9.17, 15) is 9.18 Å². The summed E-state index contributed by atoms with van der Waals surface area (Å²) in [6, 6.07) is 12.0. The molecule has 0 unspecified atom stereocenters. The highest BCUT2D eigenvalue weighted by Gasteiger charge is 2.10. The fraction of sp³-hybridized carbons (Fsp3) is 0.300. The number of hydrogen-bond donors (Lipinski definition) is 3. The molecule has 0 radical (unpaired) electrons. The smallest absolute Gasteiger partial charge is 0.254 e. The van der Waals surface area contributed by atoms with E-state index in [1.165, 1.54) is 23.3 Å². The van der Waals surface area contributed by atoms with E-state index in [1.807, 2.05) is 6.07 Å². The Bertz CT molecular complexity index is 773. The summed E-state index contributed by atoms with van der Waals surface area (Å²) in [5.74, 6) is -0.715. The van der Waals surface area contributed by atoms with Crippen LogP contribution >= 0.6 is 24.0 Å². The fourth-order valence-corrected chi connectivity index (χ4v) is 2.66. The Labute approximate surface area is 176 Å². The van der Waals surface area contributed by atoms with Crippen LogP contribution in [0, 0.1) is 5.82 Å². The van der Waals surface area contributed by atoms with Gasteiger partial charge in [-0.3, -0.25) is 9.79 Å². The van der Waals surface area contributed by atoms with Crippen LogP contribution in [0.15, 0.2) is 47.5 Å². The van der Waals surface area contributed by atoms with Gasteiger partial charge in [0.2, 0.25) is 0 Å². The lowest BCUT2D eigenvalue weighted by Gasteiger charge is -2.14. The van der Waals surface area contributed by atoms with Crippen molar-refractivity contribution in [1.29, 1.82) is 0 Å². The zero-order valence-corrected chi connectivity index (χ0v) is 17.9. The van der Waals surface area contributed by atoms with E-state index in [4.69, 9.17) is 5.73 Å². The molecule has 2 aromatic carbocycles. The van der Waals surface area contributed by atoms with E-state index in [1.54, 1.807) is 12.1 Å². The van der Waals surface area contributed by atoms with Gasteiger partial charge in [0.15, 0.2) is 5.96 Å². The van der Waals surface area contributed by atoms with Gasteiger partial charge in [0, 0.05) is 12.2 Å². The topological polar surface area (TPSA) is 79.5 Å². The predicted molar refractivity (Wildman–Crippen MR) is 119 cm³/mol. The number of nitrogens with two attached hydrogens (primary N) is 1. The van der Waals surface area contributed by atoms with E-state index >= 15 is 0 Å². The van der Waals surface area contributed by atoms with Gasteiger partial charge in [0.05, 0.1) is 12.1 Å². The number of aryl methyl sites for hydroxylation is 2. The molecule has 0 fully saturated rings. The molecule has 0 heterocycles. The lowest BCUT2D eigenvalue weighted by Crippen LogP contribution is -2.29. The molecule has 0 spiro atoms. The van der Waals surface area contributed by atoms with Crippen LogP contribution < -0.4 is 16.4 Å². The minimum absolute atomic E-state index is 0. The summed E-state index contributed by atoms with van der Waals surface area (Å²) >= 11 is 0. The molecule has 27 heavy (non-hydrogen) atoms. The lowest BCUT2D eigenvalue weighted by atomic mass is 10.0. The van der Waals surface area contributed by atoms with Gasteiger partial charge in [-0.15, -0.1) is 24.0 Å². The van der Waals surface area contributed by atoms with Gasteiger partial charge in [-0.25, -0.2) is 4.39 Å². The quantitative estimate of drug-likeness (QED) is 0.243. The SMILES string of the molecule is CCc1cccc(CC)c1NC(N)=NCCNC(=O)c1ccccc1F.I. The molecule has 0 aliphatic rings. The Morgan fingerprint density at radius 1 is 1.07 bits per heavy atom. The van der Waals surface area contributed by atoms with Crippen molar-refractivity contribution in [2.24, 2.45) is 10.7 Å². The molecular formula is C20H26FIN4O. The molecule has 7 heteroatoms. The molecule has 0 aliphatic heterocycles. The van der Waals surface area contributed by atoms with Gasteiger partial charge in [-0.05, 0) is 36.1 Å². The average Bonchev–Trinajstić information content (AvgIpc) is 2.65. The Kier molecular flexibility index (Phi) is 9.77. The number of carbonyl (C=O) groups is 1. The highest BCUT2D eigenvalue weighted by molar-refractivity contribution is 14.0. The number of hydrogen-bond acceptors (Lipinski definition) is 2. The molecule has 146 valence electrons. The van der Waals surface area contributed by atoms with Gasteiger partial charge in [0.1, 0.15) is 5.82 Å². The van der Waals surface area contributed by atoms with Crippen molar-refractivity contribution >= 4 is 41.5 Å². The summed E-state index contributed by atoms with van der Waals surface area (Å²) in [6.07, 6.45) is 1.78. The fourth-order valence-electron chi connectivity index (χ4n) is 2.66. The highest BCUT2D eigenvalue weighted by Crippen LogP contribution is 2.22. The minimum atomic E-state index is -0.544. The van der Waals surface area contributed by atoms with Crippen LogP contribution in [-0.2, 0) is 12.8 Å². The maximum Gasteiger partial charge on any atom is 0.254 e. The van der Waals surface area contributed by atoms with Crippen LogP contribution in [0.25, 0.3) is 0 Å². The summed E-state index contributed by atoms with van der Waals surface area (Å²) in [5.41, 5.74) is 9.34. The molecule has 0 aromatic heterocycles. The van der Waals surface area contributed by atoms with Gasteiger partial charge in [0.25, 0.3) is 5.91 Å². The molecule has 2 rings (SSSR count). The number of halogens is 2. The minimum Gasteiger partial charge on any atom is -0.370 e. The van der Waals surface area contributed by atoms with Crippen molar-refractivity contribution in [1.82, 2.24) is 5.32 Å². The zero-order valence-electron chi connectivity index (χ0n) is 15.6. The number of amides is 1. The van der Waals surface area contributed by atoms with Crippen molar-refractivity contribution in [2.45, 2.75) is 26.7 Å². The molecule has 2 aromatic rings. The first-order chi connectivity index (χ1) is 12.6. The van der Waals surface area contributed by atoms with Crippen molar-refractivity contribution in [3.8, 4) is 0 Å². The van der Waals surface area contributed by atoms with E-state index < -0.39 is 11.7 Å². The number of nitrogens with one attached hydrogen (secondary N) is 2. The van der Waals surface area contributed by atoms with Gasteiger partial charge < -0.3 is 16.4 Å². The monoisotopic (exact) mass is 484 g/mol. The first-order valence-electron chi connectivity index (χ1n) is 8.77. The number of guanidine groups is 1. The van der Waals surface area contributed by atoms with Crippen LogP contribution in [-0.4, -0.2) is 25.0 Å². The number of para-hydroxylation sites is 1. The Morgan fingerprint density at radius 3 is 2.30 bits per heavy atom.